The van der Waals surface area contributed by atoms with Gasteiger partial charge in [-0.05, 0) is 118 Å². The SMILES string of the molecule is c1cccc(-c2cccc(-c3cc(-c4cccc(-c5ccccc5)c4)cc4oc(-c5ccc(C6C=CCC(c7ccccc7)CC6)cc5)nc34)c2)c#1. The quantitative estimate of drug-likeness (QED) is 0.158. The fourth-order valence-electron chi connectivity index (χ4n) is 7.61. The predicted molar refractivity (Wildman–Crippen MR) is 214 cm³/mol. The van der Waals surface area contributed by atoms with Crippen LogP contribution >= 0.6 is 0 Å². The molecule has 2 nitrogen and oxygen atoms in total. The van der Waals surface area contributed by atoms with Gasteiger partial charge in [0.2, 0.25) is 5.89 Å². The van der Waals surface area contributed by atoms with Crippen LogP contribution in [0.5, 0.6) is 0 Å². The van der Waals surface area contributed by atoms with Crippen molar-refractivity contribution in [3.8, 4) is 56.0 Å². The Morgan fingerprint density at radius 1 is 0.538 bits per heavy atom. The van der Waals surface area contributed by atoms with Gasteiger partial charge in [-0.2, -0.15) is 0 Å². The van der Waals surface area contributed by atoms with Crippen LogP contribution in [0.15, 0.2) is 180 Å². The maximum Gasteiger partial charge on any atom is 0.227 e. The lowest BCUT2D eigenvalue weighted by molar-refractivity contribution is 0.590. The molecular weight excluding hydrogens is 631 g/mol. The van der Waals surface area contributed by atoms with Crippen LogP contribution in [0.25, 0.3) is 67.1 Å². The maximum atomic E-state index is 6.64. The highest BCUT2D eigenvalue weighted by atomic mass is 16.3. The van der Waals surface area contributed by atoms with Gasteiger partial charge >= 0.3 is 0 Å². The molecule has 0 spiro atoms. The number of hydrogen-bond acceptors (Lipinski definition) is 2. The Morgan fingerprint density at radius 3 is 2.04 bits per heavy atom. The van der Waals surface area contributed by atoms with Crippen LogP contribution in [0, 0.1) is 12.1 Å². The molecule has 7 aromatic carbocycles. The molecule has 52 heavy (non-hydrogen) atoms. The van der Waals surface area contributed by atoms with Gasteiger partial charge in [-0.25, -0.2) is 4.98 Å². The summed E-state index contributed by atoms with van der Waals surface area (Å²) >= 11 is 0. The molecule has 1 aromatic heterocycles. The Bertz CT molecular complexity index is 2480. The van der Waals surface area contributed by atoms with Crippen molar-refractivity contribution in [3.63, 3.8) is 0 Å². The molecule has 2 heteroatoms. The standard InChI is InChI=1S/C50H37NO/c1-4-13-35(14-5-1)38-19-10-20-39(26-25-38)40-27-29-41(30-28-40)50-51-49-47(45-24-12-22-43(32-45)37-17-8-3-9-18-37)33-46(34-48(49)52-50)44-23-11-21-42(31-44)36-15-6-2-7-16-36/h1-8,10-17,20-24,27-34,38-39H,19,25-26H2. The summed E-state index contributed by atoms with van der Waals surface area (Å²) in [6.07, 6.45) is 8.18. The van der Waals surface area contributed by atoms with E-state index >= 15 is 0 Å². The minimum absolute atomic E-state index is 0.402. The molecule has 1 aliphatic rings. The number of rotatable bonds is 7. The van der Waals surface area contributed by atoms with Gasteiger partial charge in [0.25, 0.3) is 0 Å². The number of fused-ring (bicyclic) bond motifs is 1. The third-order valence-electron chi connectivity index (χ3n) is 10.4. The minimum atomic E-state index is 0.402. The van der Waals surface area contributed by atoms with Crippen molar-refractivity contribution in [2.45, 2.75) is 31.1 Å². The number of nitrogens with zero attached hydrogens (tertiary/aromatic N) is 1. The third kappa shape index (κ3) is 6.46. The summed E-state index contributed by atoms with van der Waals surface area (Å²) in [5.74, 6) is 1.60. The van der Waals surface area contributed by atoms with Gasteiger partial charge in [-0.15, -0.1) is 0 Å². The molecule has 0 bridgehead atoms. The topological polar surface area (TPSA) is 26.0 Å². The molecule has 1 heterocycles. The van der Waals surface area contributed by atoms with Crippen LogP contribution in [-0.4, -0.2) is 4.98 Å². The molecule has 248 valence electrons. The van der Waals surface area contributed by atoms with Crippen LogP contribution in [0.1, 0.15) is 42.2 Å². The summed E-state index contributed by atoms with van der Waals surface area (Å²) in [5.41, 5.74) is 14.1. The van der Waals surface area contributed by atoms with Gasteiger partial charge in [-0.3, -0.25) is 0 Å². The van der Waals surface area contributed by atoms with Gasteiger partial charge < -0.3 is 4.42 Å². The van der Waals surface area contributed by atoms with Gasteiger partial charge in [0.1, 0.15) is 5.52 Å². The molecule has 9 rings (SSSR count). The van der Waals surface area contributed by atoms with Crippen LogP contribution in [0.4, 0.5) is 0 Å². The normalized spacial score (nSPS) is 15.6. The van der Waals surface area contributed by atoms with Crippen molar-refractivity contribution in [3.05, 3.63) is 199 Å². The van der Waals surface area contributed by atoms with Gasteiger partial charge in [0, 0.05) is 22.6 Å². The van der Waals surface area contributed by atoms with E-state index in [0.717, 1.165) is 62.9 Å². The van der Waals surface area contributed by atoms with Gasteiger partial charge in [-0.1, -0.05) is 140 Å². The summed E-state index contributed by atoms with van der Waals surface area (Å²) < 4.78 is 6.64. The molecule has 0 saturated heterocycles. The van der Waals surface area contributed by atoms with E-state index < -0.39 is 0 Å². The first-order valence-electron chi connectivity index (χ1n) is 18.2. The number of hydrogen-bond donors (Lipinski definition) is 0. The van der Waals surface area contributed by atoms with Crippen molar-refractivity contribution < 1.29 is 4.42 Å². The average molecular weight is 668 g/mol. The Kier molecular flexibility index (Phi) is 8.53. The number of benzene rings is 6. The first kappa shape index (κ1) is 31.5. The summed E-state index contributed by atoms with van der Waals surface area (Å²) in [6, 6.07) is 64.3. The largest absolute Gasteiger partial charge is 0.436 e. The molecule has 0 radical (unpaired) electrons. The summed E-state index contributed by atoms with van der Waals surface area (Å²) in [6.45, 7) is 0. The van der Waals surface area contributed by atoms with Crippen molar-refractivity contribution in [2.24, 2.45) is 0 Å². The third-order valence-corrected chi connectivity index (χ3v) is 10.4. The fourth-order valence-corrected chi connectivity index (χ4v) is 7.61. The average Bonchev–Trinajstić information content (AvgIpc) is 3.51. The van der Waals surface area contributed by atoms with Gasteiger partial charge in [0.15, 0.2) is 5.58 Å². The Balaban J connectivity index is 1.08. The Labute approximate surface area is 305 Å². The van der Waals surface area contributed by atoms with E-state index in [1.165, 1.54) is 28.7 Å². The smallest absolute Gasteiger partial charge is 0.227 e. The Morgan fingerprint density at radius 2 is 1.25 bits per heavy atom. The molecule has 0 amide bonds. The zero-order valence-electron chi connectivity index (χ0n) is 28.9. The second-order valence-electron chi connectivity index (χ2n) is 13.7. The van der Waals surface area contributed by atoms with E-state index in [1.807, 2.05) is 12.1 Å². The molecular formula is C50H37NO. The highest BCUT2D eigenvalue weighted by Crippen LogP contribution is 2.39. The zero-order valence-corrected chi connectivity index (χ0v) is 28.9. The van der Waals surface area contributed by atoms with E-state index in [2.05, 4.69) is 176 Å². The lowest BCUT2D eigenvalue weighted by Crippen LogP contribution is -1.99. The summed E-state index contributed by atoms with van der Waals surface area (Å²) in [5, 5.41) is 0. The summed E-state index contributed by atoms with van der Waals surface area (Å²) in [7, 11) is 0. The monoisotopic (exact) mass is 667 g/mol. The highest BCUT2D eigenvalue weighted by molar-refractivity contribution is 5.97. The number of allylic oxidation sites excluding steroid dienone is 2. The van der Waals surface area contributed by atoms with Crippen molar-refractivity contribution in [2.75, 3.05) is 0 Å². The fraction of sp³-hybridized carbons (Fsp3) is 0.100. The van der Waals surface area contributed by atoms with E-state index in [0.29, 0.717) is 17.7 Å². The van der Waals surface area contributed by atoms with E-state index in [9.17, 15) is 0 Å². The van der Waals surface area contributed by atoms with Crippen molar-refractivity contribution in [1.29, 1.82) is 0 Å². The number of oxazole rings is 1. The van der Waals surface area contributed by atoms with Crippen LogP contribution in [0.2, 0.25) is 0 Å². The minimum Gasteiger partial charge on any atom is -0.436 e. The molecule has 2 atom stereocenters. The first-order valence-corrected chi connectivity index (χ1v) is 18.2. The molecule has 1 aliphatic carbocycles. The first-order chi connectivity index (χ1) is 25.7. The van der Waals surface area contributed by atoms with E-state index in [1.54, 1.807) is 0 Å². The molecule has 0 N–H and O–H groups in total. The van der Waals surface area contributed by atoms with Crippen LogP contribution in [0.3, 0.4) is 0 Å². The lowest BCUT2D eigenvalue weighted by atomic mass is 9.89. The molecule has 0 fully saturated rings. The van der Waals surface area contributed by atoms with Crippen molar-refractivity contribution >= 4 is 11.1 Å². The summed E-state index contributed by atoms with van der Waals surface area (Å²) in [4.78, 5) is 5.17. The zero-order chi connectivity index (χ0) is 34.7. The lowest BCUT2D eigenvalue weighted by Gasteiger charge is -2.16. The van der Waals surface area contributed by atoms with E-state index in [-0.39, 0.29) is 0 Å². The maximum absolute atomic E-state index is 6.64. The van der Waals surface area contributed by atoms with E-state index in [4.69, 9.17) is 9.40 Å². The second-order valence-corrected chi connectivity index (χ2v) is 13.7. The molecule has 0 aliphatic heterocycles. The highest BCUT2D eigenvalue weighted by Gasteiger charge is 2.20. The molecule has 2 unspecified atom stereocenters. The van der Waals surface area contributed by atoms with Gasteiger partial charge in [0.05, 0.1) is 0 Å². The number of aromatic nitrogens is 1. The molecule has 8 aromatic rings. The Hall–Kier alpha value is -6.43. The van der Waals surface area contributed by atoms with Crippen LogP contribution < -0.4 is 0 Å². The second kappa shape index (κ2) is 14.1. The molecule has 0 saturated carbocycles. The van der Waals surface area contributed by atoms with Crippen molar-refractivity contribution in [1.82, 2.24) is 4.98 Å². The predicted octanol–water partition coefficient (Wildman–Crippen LogP) is 13.4. The van der Waals surface area contributed by atoms with Crippen LogP contribution in [-0.2, 0) is 0 Å².